The molecule has 0 bridgehead atoms. The van der Waals surface area contributed by atoms with Gasteiger partial charge in [-0.1, -0.05) is 17.7 Å². The molecule has 4 heteroatoms. The van der Waals surface area contributed by atoms with Gasteiger partial charge in [-0.15, -0.1) is 0 Å². The van der Waals surface area contributed by atoms with E-state index in [1.807, 2.05) is 43.8 Å². The molecule has 1 aromatic heterocycles. The molecule has 2 aromatic rings. The molecule has 112 valence electrons. The van der Waals surface area contributed by atoms with Gasteiger partial charge in [-0.2, -0.15) is 0 Å². The lowest BCUT2D eigenvalue weighted by molar-refractivity contribution is -0.115. The first-order valence-electron chi connectivity index (χ1n) is 7.16. The Balaban J connectivity index is 1.89. The van der Waals surface area contributed by atoms with E-state index >= 15 is 0 Å². The first-order valence-corrected chi connectivity index (χ1v) is 7.16. The van der Waals surface area contributed by atoms with Crippen LogP contribution in [0.25, 0.3) is 0 Å². The summed E-state index contributed by atoms with van der Waals surface area (Å²) >= 11 is 0. The van der Waals surface area contributed by atoms with Gasteiger partial charge in [-0.05, 0) is 44.0 Å². The van der Waals surface area contributed by atoms with Crippen LogP contribution in [-0.2, 0) is 18.4 Å². The van der Waals surface area contributed by atoms with Crippen LogP contribution >= 0.6 is 0 Å². The van der Waals surface area contributed by atoms with E-state index in [1.165, 1.54) is 5.56 Å². The number of aromatic nitrogens is 1. The molecule has 1 heterocycles. The molecule has 2 N–H and O–H groups in total. The molecule has 0 aliphatic rings. The molecule has 0 saturated carbocycles. The van der Waals surface area contributed by atoms with Crippen molar-refractivity contribution in [3.8, 4) is 0 Å². The summed E-state index contributed by atoms with van der Waals surface area (Å²) in [6.07, 6.45) is 2.00. The van der Waals surface area contributed by atoms with Gasteiger partial charge in [-0.25, -0.2) is 0 Å². The Hall–Kier alpha value is -2.07. The molecule has 0 aliphatic carbocycles. The Kier molecular flexibility index (Phi) is 4.81. The van der Waals surface area contributed by atoms with Gasteiger partial charge in [0, 0.05) is 31.2 Å². The van der Waals surface area contributed by atoms with E-state index in [9.17, 15) is 4.79 Å². The minimum absolute atomic E-state index is 0.0146. The van der Waals surface area contributed by atoms with Crippen molar-refractivity contribution in [1.82, 2.24) is 9.88 Å². The van der Waals surface area contributed by atoms with Crippen molar-refractivity contribution in [3.05, 3.63) is 52.8 Å². The number of nitrogens with one attached hydrogen (secondary N) is 2. The number of rotatable bonds is 5. The van der Waals surface area contributed by atoms with E-state index < -0.39 is 0 Å². The minimum atomic E-state index is -0.0146. The summed E-state index contributed by atoms with van der Waals surface area (Å²) in [6, 6.07) is 8.20. The third kappa shape index (κ3) is 3.95. The first kappa shape index (κ1) is 15.3. The topological polar surface area (TPSA) is 46.1 Å². The quantitative estimate of drug-likeness (QED) is 0.887. The van der Waals surface area contributed by atoms with Crippen LogP contribution in [0, 0.1) is 20.8 Å². The lowest BCUT2D eigenvalue weighted by Gasteiger charge is -2.13. The van der Waals surface area contributed by atoms with Gasteiger partial charge in [0.15, 0.2) is 0 Å². The van der Waals surface area contributed by atoms with E-state index in [4.69, 9.17) is 0 Å². The highest BCUT2D eigenvalue weighted by Gasteiger charge is 2.08. The van der Waals surface area contributed by atoms with Gasteiger partial charge in [0.05, 0.1) is 6.54 Å². The van der Waals surface area contributed by atoms with Gasteiger partial charge >= 0.3 is 0 Å². The molecule has 0 atom stereocenters. The summed E-state index contributed by atoms with van der Waals surface area (Å²) in [5.74, 6) is -0.0146. The van der Waals surface area contributed by atoms with Crippen LogP contribution in [0.15, 0.2) is 30.5 Å². The van der Waals surface area contributed by atoms with Crippen molar-refractivity contribution in [2.45, 2.75) is 27.3 Å². The third-order valence-electron chi connectivity index (χ3n) is 3.58. The molecule has 21 heavy (non-hydrogen) atoms. The molecule has 2 rings (SSSR count). The number of benzene rings is 1. The summed E-state index contributed by atoms with van der Waals surface area (Å²) in [7, 11) is 2.00. The Morgan fingerprint density at radius 1 is 1.19 bits per heavy atom. The van der Waals surface area contributed by atoms with E-state index in [2.05, 4.69) is 29.7 Å². The summed E-state index contributed by atoms with van der Waals surface area (Å²) < 4.78 is 2.04. The molecule has 1 aromatic carbocycles. The Morgan fingerprint density at radius 2 is 1.86 bits per heavy atom. The molecule has 0 fully saturated rings. The largest absolute Gasteiger partial charge is 0.353 e. The summed E-state index contributed by atoms with van der Waals surface area (Å²) in [6.45, 7) is 7.09. The van der Waals surface area contributed by atoms with Gasteiger partial charge < -0.3 is 15.2 Å². The van der Waals surface area contributed by atoms with Crippen molar-refractivity contribution in [2.24, 2.45) is 7.05 Å². The van der Waals surface area contributed by atoms with Gasteiger partial charge in [-0.3, -0.25) is 4.79 Å². The highest BCUT2D eigenvalue weighted by Crippen LogP contribution is 2.21. The van der Waals surface area contributed by atoms with E-state index in [-0.39, 0.29) is 5.91 Å². The van der Waals surface area contributed by atoms with Crippen LogP contribution in [-0.4, -0.2) is 17.0 Å². The summed E-state index contributed by atoms with van der Waals surface area (Å²) in [5, 5.41) is 6.16. The van der Waals surface area contributed by atoms with Crippen LogP contribution in [0.3, 0.4) is 0 Å². The van der Waals surface area contributed by atoms with E-state index in [0.717, 1.165) is 22.5 Å². The second-order valence-electron chi connectivity index (χ2n) is 5.54. The number of anilines is 1. The second kappa shape index (κ2) is 6.59. The van der Waals surface area contributed by atoms with Crippen molar-refractivity contribution in [1.29, 1.82) is 0 Å². The van der Waals surface area contributed by atoms with Crippen LogP contribution in [0.1, 0.15) is 22.4 Å². The number of amides is 1. The van der Waals surface area contributed by atoms with Crippen molar-refractivity contribution in [2.75, 3.05) is 11.9 Å². The molecule has 0 saturated heterocycles. The SMILES string of the molecule is Cc1cc(C)c(NC(=O)CNCc2cccn2C)c(C)c1. The molecule has 4 nitrogen and oxygen atoms in total. The second-order valence-corrected chi connectivity index (χ2v) is 5.54. The smallest absolute Gasteiger partial charge is 0.238 e. The number of hydrogen-bond donors (Lipinski definition) is 2. The monoisotopic (exact) mass is 285 g/mol. The van der Waals surface area contributed by atoms with Gasteiger partial charge in [0.2, 0.25) is 5.91 Å². The molecule has 0 unspecified atom stereocenters. The number of carbonyl (C=O) groups excluding carboxylic acids is 1. The molecule has 0 radical (unpaired) electrons. The fourth-order valence-electron chi connectivity index (χ4n) is 2.55. The molecular formula is C17H23N3O. The minimum Gasteiger partial charge on any atom is -0.353 e. The van der Waals surface area contributed by atoms with Gasteiger partial charge in [0.25, 0.3) is 0 Å². The van der Waals surface area contributed by atoms with Crippen molar-refractivity contribution >= 4 is 11.6 Å². The first-order chi connectivity index (χ1) is 9.97. The van der Waals surface area contributed by atoms with E-state index in [1.54, 1.807) is 0 Å². The molecular weight excluding hydrogens is 262 g/mol. The summed E-state index contributed by atoms with van der Waals surface area (Å²) in [5.41, 5.74) is 5.49. The number of hydrogen-bond acceptors (Lipinski definition) is 2. The standard InChI is InChI=1S/C17H23N3O/c1-12-8-13(2)17(14(3)9-12)19-16(21)11-18-10-15-6-5-7-20(15)4/h5-9,18H,10-11H2,1-4H3,(H,19,21). The normalized spacial score (nSPS) is 10.7. The van der Waals surface area contributed by atoms with Crippen molar-refractivity contribution in [3.63, 3.8) is 0 Å². The van der Waals surface area contributed by atoms with Crippen LogP contribution in [0.2, 0.25) is 0 Å². The maximum atomic E-state index is 12.0. The van der Waals surface area contributed by atoms with E-state index in [0.29, 0.717) is 13.1 Å². The van der Waals surface area contributed by atoms with Crippen LogP contribution < -0.4 is 10.6 Å². The van der Waals surface area contributed by atoms with Gasteiger partial charge in [0.1, 0.15) is 0 Å². The summed E-state index contributed by atoms with van der Waals surface area (Å²) in [4.78, 5) is 12.0. The van der Waals surface area contributed by atoms with Crippen LogP contribution in [0.4, 0.5) is 5.69 Å². The third-order valence-corrected chi connectivity index (χ3v) is 3.58. The lowest BCUT2D eigenvalue weighted by Crippen LogP contribution is -2.28. The highest BCUT2D eigenvalue weighted by molar-refractivity contribution is 5.93. The number of nitrogens with zero attached hydrogens (tertiary/aromatic N) is 1. The Morgan fingerprint density at radius 3 is 2.43 bits per heavy atom. The molecule has 0 aliphatic heterocycles. The molecule has 1 amide bonds. The average molecular weight is 285 g/mol. The zero-order valence-corrected chi connectivity index (χ0v) is 13.2. The fourth-order valence-corrected chi connectivity index (χ4v) is 2.55. The van der Waals surface area contributed by atoms with Crippen LogP contribution in [0.5, 0.6) is 0 Å². The number of aryl methyl sites for hydroxylation is 4. The van der Waals surface area contributed by atoms with Crippen molar-refractivity contribution < 1.29 is 4.79 Å². The molecule has 0 spiro atoms. The maximum absolute atomic E-state index is 12.0. The maximum Gasteiger partial charge on any atom is 0.238 e. The predicted molar refractivity (Wildman–Crippen MR) is 86.4 cm³/mol. The fraction of sp³-hybridized carbons (Fsp3) is 0.353. The zero-order chi connectivity index (χ0) is 15.4. The average Bonchev–Trinajstić information content (AvgIpc) is 2.80. The Labute approximate surface area is 126 Å². The zero-order valence-electron chi connectivity index (χ0n) is 13.2. The Bertz CT molecular complexity index is 620. The lowest BCUT2D eigenvalue weighted by atomic mass is 10.1. The number of carbonyl (C=O) groups is 1. The highest BCUT2D eigenvalue weighted by atomic mass is 16.1. The predicted octanol–water partition coefficient (Wildman–Crippen LogP) is 2.68.